The molecule has 1 N–H and O–H groups in total. The molecule has 0 heterocycles. The van der Waals surface area contributed by atoms with E-state index in [2.05, 4.69) is 5.32 Å². The van der Waals surface area contributed by atoms with Crippen LogP contribution < -0.4 is 10.1 Å². The van der Waals surface area contributed by atoms with Crippen molar-refractivity contribution in [3.05, 3.63) is 58.7 Å². The maximum absolute atomic E-state index is 12.4. The minimum Gasteiger partial charge on any atom is -0.497 e. The van der Waals surface area contributed by atoms with Gasteiger partial charge in [0.15, 0.2) is 6.10 Å². The van der Waals surface area contributed by atoms with Gasteiger partial charge in [0.2, 0.25) is 0 Å². The Balaban J connectivity index is 1.94. The molecule has 2 aromatic carbocycles. The average molecular weight is 355 g/mol. The molecule has 1 amide bonds. The lowest BCUT2D eigenvalue weighted by Gasteiger charge is -2.17. The highest BCUT2D eigenvalue weighted by Gasteiger charge is 2.19. The average Bonchev–Trinajstić information content (AvgIpc) is 2.58. The summed E-state index contributed by atoms with van der Waals surface area (Å²) in [5, 5.41) is 2.86. The Morgan fingerprint density at radius 1 is 1.04 bits per heavy atom. The number of nitrogens with one attached hydrogen (secondary N) is 1. The lowest BCUT2D eigenvalue weighted by Crippen LogP contribution is -2.31. The fourth-order valence-corrected chi connectivity index (χ4v) is 2.80. The van der Waals surface area contributed by atoms with Crippen LogP contribution in [0.1, 0.15) is 29.2 Å². The molecule has 0 saturated heterocycles. The number of ether oxygens (including phenoxy) is 2. The summed E-state index contributed by atoms with van der Waals surface area (Å²) in [5.41, 5.74) is 4.66. The second kappa shape index (κ2) is 8.52. The summed E-state index contributed by atoms with van der Waals surface area (Å²) in [6, 6.07) is 11.2. The van der Waals surface area contributed by atoms with Gasteiger partial charge in [-0.1, -0.05) is 29.8 Å². The first kappa shape index (κ1) is 19.5. The van der Waals surface area contributed by atoms with E-state index in [0.717, 1.165) is 33.7 Å². The Hall–Kier alpha value is -2.82. The SMILES string of the molecule is COc1ccc(CC(=O)O[C@H](C)C(=O)Nc2c(C)cc(C)cc2C)cc1. The number of anilines is 1. The van der Waals surface area contributed by atoms with Crippen LogP contribution in [0.3, 0.4) is 0 Å². The molecule has 0 aromatic heterocycles. The van der Waals surface area contributed by atoms with Crippen LogP contribution in [0.25, 0.3) is 0 Å². The Bertz CT molecular complexity index is 773. The van der Waals surface area contributed by atoms with Gasteiger partial charge in [0, 0.05) is 5.69 Å². The quantitative estimate of drug-likeness (QED) is 0.802. The van der Waals surface area contributed by atoms with Crippen LogP contribution in [0.15, 0.2) is 36.4 Å². The van der Waals surface area contributed by atoms with Crippen molar-refractivity contribution in [3.63, 3.8) is 0 Å². The van der Waals surface area contributed by atoms with Crippen molar-refractivity contribution in [2.45, 2.75) is 40.2 Å². The van der Waals surface area contributed by atoms with Crippen molar-refractivity contribution in [2.75, 3.05) is 12.4 Å². The predicted molar refractivity (Wildman–Crippen MR) is 102 cm³/mol. The van der Waals surface area contributed by atoms with E-state index >= 15 is 0 Å². The molecule has 0 spiro atoms. The van der Waals surface area contributed by atoms with Gasteiger partial charge in [-0.15, -0.1) is 0 Å². The van der Waals surface area contributed by atoms with Crippen molar-refractivity contribution in [3.8, 4) is 5.75 Å². The predicted octanol–water partition coefficient (Wildman–Crippen LogP) is 3.73. The Morgan fingerprint density at radius 2 is 1.62 bits per heavy atom. The van der Waals surface area contributed by atoms with Crippen LogP contribution in [-0.2, 0) is 20.7 Å². The Kier molecular flexibility index (Phi) is 6.39. The van der Waals surface area contributed by atoms with Crippen LogP contribution in [-0.4, -0.2) is 25.1 Å². The number of benzene rings is 2. The van der Waals surface area contributed by atoms with Gasteiger partial charge in [0.1, 0.15) is 5.75 Å². The number of methoxy groups -OCH3 is 1. The third-order valence-corrected chi connectivity index (χ3v) is 4.11. The molecule has 138 valence electrons. The molecular weight excluding hydrogens is 330 g/mol. The molecule has 5 heteroatoms. The van der Waals surface area contributed by atoms with Crippen molar-refractivity contribution >= 4 is 17.6 Å². The molecule has 0 bridgehead atoms. The molecule has 0 unspecified atom stereocenters. The molecule has 5 nitrogen and oxygen atoms in total. The number of aryl methyl sites for hydroxylation is 3. The van der Waals surface area contributed by atoms with Crippen LogP contribution in [0, 0.1) is 20.8 Å². The van der Waals surface area contributed by atoms with Crippen molar-refractivity contribution in [1.82, 2.24) is 0 Å². The zero-order chi connectivity index (χ0) is 19.3. The first-order valence-electron chi connectivity index (χ1n) is 8.51. The fourth-order valence-electron chi connectivity index (χ4n) is 2.80. The summed E-state index contributed by atoms with van der Waals surface area (Å²) in [6.07, 6.45) is -0.773. The molecule has 0 aliphatic rings. The van der Waals surface area contributed by atoms with Gasteiger partial charge in [-0.25, -0.2) is 0 Å². The highest BCUT2D eigenvalue weighted by Crippen LogP contribution is 2.22. The normalized spacial score (nSPS) is 11.6. The molecule has 0 saturated carbocycles. The molecule has 0 aliphatic carbocycles. The number of esters is 1. The van der Waals surface area contributed by atoms with Gasteiger partial charge in [-0.2, -0.15) is 0 Å². The minimum absolute atomic E-state index is 0.101. The van der Waals surface area contributed by atoms with Gasteiger partial charge < -0.3 is 14.8 Å². The lowest BCUT2D eigenvalue weighted by molar-refractivity contribution is -0.152. The number of amides is 1. The van der Waals surface area contributed by atoms with Crippen molar-refractivity contribution in [1.29, 1.82) is 0 Å². The van der Waals surface area contributed by atoms with Crippen LogP contribution in [0.2, 0.25) is 0 Å². The van der Waals surface area contributed by atoms with E-state index in [1.165, 1.54) is 0 Å². The smallest absolute Gasteiger partial charge is 0.311 e. The number of carbonyl (C=O) groups is 2. The molecule has 2 rings (SSSR count). The summed E-state index contributed by atoms with van der Waals surface area (Å²) in [4.78, 5) is 24.4. The van der Waals surface area contributed by atoms with Crippen LogP contribution in [0.4, 0.5) is 5.69 Å². The van der Waals surface area contributed by atoms with Gasteiger partial charge in [0.25, 0.3) is 5.91 Å². The van der Waals surface area contributed by atoms with E-state index in [1.54, 1.807) is 38.3 Å². The summed E-state index contributed by atoms with van der Waals surface area (Å²) >= 11 is 0. The first-order chi connectivity index (χ1) is 12.3. The second-order valence-corrected chi connectivity index (χ2v) is 6.42. The van der Waals surface area contributed by atoms with Gasteiger partial charge in [0.05, 0.1) is 13.5 Å². The van der Waals surface area contributed by atoms with E-state index < -0.39 is 12.1 Å². The first-order valence-corrected chi connectivity index (χ1v) is 8.51. The molecule has 2 aromatic rings. The highest BCUT2D eigenvalue weighted by molar-refractivity contribution is 5.96. The van der Waals surface area contributed by atoms with Crippen molar-refractivity contribution < 1.29 is 19.1 Å². The Morgan fingerprint density at radius 3 is 2.15 bits per heavy atom. The molecule has 26 heavy (non-hydrogen) atoms. The summed E-state index contributed by atoms with van der Waals surface area (Å²) in [6.45, 7) is 7.46. The van der Waals surface area contributed by atoms with E-state index in [0.29, 0.717) is 0 Å². The molecule has 0 radical (unpaired) electrons. The van der Waals surface area contributed by atoms with Gasteiger partial charge >= 0.3 is 5.97 Å². The summed E-state index contributed by atoms with van der Waals surface area (Å²) in [5.74, 6) is -0.0722. The van der Waals surface area contributed by atoms with E-state index in [9.17, 15) is 9.59 Å². The monoisotopic (exact) mass is 355 g/mol. The van der Waals surface area contributed by atoms with E-state index in [4.69, 9.17) is 9.47 Å². The topological polar surface area (TPSA) is 64.6 Å². The zero-order valence-corrected chi connectivity index (χ0v) is 15.9. The van der Waals surface area contributed by atoms with Crippen LogP contribution in [0.5, 0.6) is 5.75 Å². The molecule has 0 fully saturated rings. The van der Waals surface area contributed by atoms with Crippen molar-refractivity contribution in [2.24, 2.45) is 0 Å². The fraction of sp³-hybridized carbons (Fsp3) is 0.333. The number of hydrogen-bond donors (Lipinski definition) is 1. The number of hydrogen-bond acceptors (Lipinski definition) is 4. The third-order valence-electron chi connectivity index (χ3n) is 4.11. The third kappa shape index (κ3) is 5.09. The largest absolute Gasteiger partial charge is 0.497 e. The maximum atomic E-state index is 12.4. The maximum Gasteiger partial charge on any atom is 0.311 e. The molecular formula is C21H25NO4. The number of rotatable bonds is 6. The summed E-state index contributed by atoms with van der Waals surface area (Å²) in [7, 11) is 1.58. The van der Waals surface area contributed by atoms with Gasteiger partial charge in [-0.05, 0) is 56.5 Å². The number of carbonyl (C=O) groups excluding carboxylic acids is 2. The van der Waals surface area contributed by atoms with Gasteiger partial charge in [-0.3, -0.25) is 9.59 Å². The lowest BCUT2D eigenvalue weighted by atomic mass is 10.0. The van der Waals surface area contributed by atoms with E-state index in [1.807, 2.05) is 32.9 Å². The summed E-state index contributed by atoms with van der Waals surface area (Å²) < 4.78 is 10.4. The Labute approximate surface area is 154 Å². The van der Waals surface area contributed by atoms with Crippen LogP contribution >= 0.6 is 0 Å². The zero-order valence-electron chi connectivity index (χ0n) is 15.9. The molecule has 1 atom stereocenters. The molecule has 0 aliphatic heterocycles. The van der Waals surface area contributed by atoms with E-state index in [-0.39, 0.29) is 12.3 Å². The highest BCUT2D eigenvalue weighted by atomic mass is 16.5. The standard InChI is InChI=1S/C21H25NO4/c1-13-10-14(2)20(15(3)11-13)22-21(24)16(4)26-19(23)12-17-6-8-18(25-5)9-7-17/h6-11,16H,12H2,1-5H3,(H,22,24)/t16-/m1/s1. The second-order valence-electron chi connectivity index (χ2n) is 6.42. The minimum atomic E-state index is -0.874.